The van der Waals surface area contributed by atoms with Gasteiger partial charge in [-0.15, -0.1) is 0 Å². The van der Waals surface area contributed by atoms with E-state index in [-0.39, 0.29) is 23.0 Å². The summed E-state index contributed by atoms with van der Waals surface area (Å²) in [4.78, 5) is 15.1. The van der Waals surface area contributed by atoms with Crippen molar-refractivity contribution in [1.29, 1.82) is 0 Å². The lowest BCUT2D eigenvalue weighted by Gasteiger charge is -2.39. The van der Waals surface area contributed by atoms with Gasteiger partial charge in [-0.05, 0) is 66.7 Å². The van der Waals surface area contributed by atoms with Gasteiger partial charge in [0.1, 0.15) is 5.75 Å². The molecular formula is C26H33ClF3N2O3Si. The van der Waals surface area contributed by atoms with Crippen molar-refractivity contribution in [3.63, 3.8) is 0 Å². The zero-order valence-electron chi connectivity index (χ0n) is 21.5. The number of alkyl halides is 3. The van der Waals surface area contributed by atoms with Gasteiger partial charge in [0.25, 0.3) is 5.91 Å². The smallest absolute Gasteiger partial charge is 0.419 e. The average molecular weight is 542 g/mol. The zero-order chi connectivity index (χ0) is 26.8. The van der Waals surface area contributed by atoms with E-state index in [9.17, 15) is 18.0 Å². The van der Waals surface area contributed by atoms with Crippen LogP contribution in [0.3, 0.4) is 0 Å². The quantitative estimate of drug-likeness (QED) is 0.383. The lowest BCUT2D eigenvalue weighted by Crippen LogP contribution is -2.44. The second-order valence-electron chi connectivity index (χ2n) is 10.4. The van der Waals surface area contributed by atoms with Crippen LogP contribution in [0.4, 0.5) is 18.9 Å². The van der Waals surface area contributed by atoms with E-state index in [0.717, 1.165) is 49.8 Å². The summed E-state index contributed by atoms with van der Waals surface area (Å²) in [6, 6.07) is 6.83. The summed E-state index contributed by atoms with van der Waals surface area (Å²) in [6.45, 7) is 12.2. The number of carbonyl (C=O) groups is 1. The maximum atomic E-state index is 13.4. The van der Waals surface area contributed by atoms with Crippen LogP contribution in [-0.4, -0.2) is 39.7 Å². The minimum Gasteiger partial charge on any atom is -0.496 e. The normalized spacial score (nSPS) is 15.5. The van der Waals surface area contributed by atoms with E-state index in [2.05, 4.69) is 44.1 Å². The maximum absolute atomic E-state index is 13.4. The fraction of sp³-hybridized carbons (Fsp3) is 0.500. The van der Waals surface area contributed by atoms with E-state index >= 15 is 0 Å². The van der Waals surface area contributed by atoms with Crippen molar-refractivity contribution in [2.24, 2.45) is 5.41 Å². The molecule has 1 aliphatic rings. The second kappa shape index (κ2) is 11.1. The number of carbonyl (C=O) groups excluding carboxylic acids is 1. The number of hydrogen-bond acceptors (Lipinski definition) is 4. The van der Waals surface area contributed by atoms with Crippen LogP contribution in [0.15, 0.2) is 30.3 Å². The summed E-state index contributed by atoms with van der Waals surface area (Å²) >= 11 is 6.74. The Morgan fingerprint density at radius 1 is 1.19 bits per heavy atom. The van der Waals surface area contributed by atoms with Gasteiger partial charge < -0.3 is 14.5 Å². The Morgan fingerprint density at radius 3 is 2.47 bits per heavy atom. The van der Waals surface area contributed by atoms with Crippen LogP contribution < -0.4 is 10.1 Å². The molecule has 0 bridgehead atoms. The molecule has 1 amide bonds. The summed E-state index contributed by atoms with van der Waals surface area (Å²) in [5.74, 6) is -1.03. The molecule has 0 saturated heterocycles. The molecule has 0 fully saturated rings. The first-order chi connectivity index (χ1) is 16.7. The van der Waals surface area contributed by atoms with Gasteiger partial charge >= 0.3 is 6.18 Å². The minimum atomic E-state index is -4.65. The molecule has 1 radical (unpaired) electrons. The predicted molar refractivity (Wildman–Crippen MR) is 138 cm³/mol. The predicted octanol–water partition coefficient (Wildman–Crippen LogP) is 7.01. The third kappa shape index (κ3) is 7.03. The zero-order valence-corrected chi connectivity index (χ0v) is 23.2. The first kappa shape index (κ1) is 28.5. The van der Waals surface area contributed by atoms with Crippen LogP contribution >= 0.6 is 11.6 Å². The highest BCUT2D eigenvalue weighted by molar-refractivity contribution is 6.48. The minimum absolute atomic E-state index is 0.0450. The number of ether oxygens (including phenoxy) is 1. The molecule has 1 heterocycles. The monoisotopic (exact) mass is 541 g/mol. The molecule has 197 valence electrons. The average Bonchev–Trinajstić information content (AvgIpc) is 2.78. The van der Waals surface area contributed by atoms with Gasteiger partial charge in [0.15, 0.2) is 0 Å². The Morgan fingerprint density at radius 2 is 1.89 bits per heavy atom. The van der Waals surface area contributed by atoms with E-state index < -0.39 is 26.7 Å². The highest BCUT2D eigenvalue weighted by Crippen LogP contribution is 2.38. The third-order valence-corrected chi connectivity index (χ3v) is 7.13. The molecule has 5 nitrogen and oxygen atoms in total. The number of nitrogens with one attached hydrogen (secondary N) is 1. The molecule has 2 aromatic rings. The van der Waals surface area contributed by atoms with Crippen LogP contribution in [0, 0.1) is 5.41 Å². The van der Waals surface area contributed by atoms with E-state index in [1.165, 1.54) is 6.07 Å². The van der Waals surface area contributed by atoms with Gasteiger partial charge in [0.05, 0.1) is 29.6 Å². The molecule has 0 aromatic heterocycles. The Kier molecular flexibility index (Phi) is 8.81. The van der Waals surface area contributed by atoms with Crippen LogP contribution in [0.1, 0.15) is 54.2 Å². The van der Waals surface area contributed by atoms with E-state index in [4.69, 9.17) is 20.8 Å². The van der Waals surface area contributed by atoms with Crippen molar-refractivity contribution in [2.45, 2.75) is 65.7 Å². The highest BCUT2D eigenvalue weighted by atomic mass is 35.5. The summed E-state index contributed by atoms with van der Waals surface area (Å²) < 4.78 is 51.3. The largest absolute Gasteiger partial charge is 0.496 e. The van der Waals surface area contributed by atoms with Crippen molar-refractivity contribution < 1.29 is 27.1 Å². The van der Waals surface area contributed by atoms with Crippen molar-refractivity contribution in [3.8, 4) is 5.75 Å². The number of methoxy groups -OCH3 is 1. The number of hydrogen-bond donors (Lipinski definition) is 1. The second-order valence-corrected chi connectivity index (χ2v) is 12.8. The van der Waals surface area contributed by atoms with Crippen LogP contribution in [0.2, 0.25) is 18.1 Å². The lowest BCUT2D eigenvalue weighted by molar-refractivity contribution is -0.138. The van der Waals surface area contributed by atoms with Gasteiger partial charge in [0, 0.05) is 18.7 Å². The number of rotatable bonds is 7. The third-order valence-electron chi connectivity index (χ3n) is 5.95. The number of fused-ring (bicyclic) bond motifs is 1. The van der Waals surface area contributed by atoms with Crippen LogP contribution in [0.5, 0.6) is 5.75 Å². The Balaban J connectivity index is 1.85. The van der Waals surface area contributed by atoms with Gasteiger partial charge in [0.2, 0.25) is 9.04 Å². The van der Waals surface area contributed by atoms with Crippen molar-refractivity contribution in [3.05, 3.63) is 57.6 Å². The molecule has 0 saturated carbocycles. The van der Waals surface area contributed by atoms with E-state index in [0.29, 0.717) is 17.3 Å². The van der Waals surface area contributed by atoms with Gasteiger partial charge in [-0.3, -0.25) is 9.69 Å². The molecule has 10 heteroatoms. The molecule has 0 spiro atoms. The standard InChI is InChI=1S/C26H33ClF3N2O3Si/c1-25(2,3)14-22(35-36(5)6)32-12-11-16-7-9-20(23(27)18(16)15-32)31-24(33)17-8-10-21(34-4)19(13-17)26(28,29)30/h7-10,13,22H,11-12,14-15H2,1-6H3,(H,31,33). The van der Waals surface area contributed by atoms with E-state index in [1.807, 2.05) is 6.07 Å². The topological polar surface area (TPSA) is 50.8 Å². The van der Waals surface area contributed by atoms with Crippen molar-refractivity contribution in [2.75, 3.05) is 19.0 Å². The SMILES string of the molecule is COc1ccc(C(=O)Nc2ccc3c(c2Cl)CN(C(CC(C)(C)C)O[Si](C)C)CC3)cc1C(F)(F)F. The first-order valence-corrected chi connectivity index (χ1v) is 14.6. The molecule has 3 rings (SSSR count). The summed E-state index contributed by atoms with van der Waals surface area (Å²) in [6.07, 6.45) is -3.05. The molecule has 1 unspecified atom stereocenters. The lowest BCUT2D eigenvalue weighted by atomic mass is 9.90. The molecule has 1 N–H and O–H groups in total. The van der Waals surface area contributed by atoms with Crippen molar-refractivity contribution >= 4 is 32.2 Å². The molecular weight excluding hydrogens is 509 g/mol. The summed E-state index contributed by atoms with van der Waals surface area (Å²) in [5.41, 5.74) is 1.27. The number of amides is 1. The van der Waals surface area contributed by atoms with Gasteiger partial charge in [-0.2, -0.15) is 13.2 Å². The number of halogens is 4. The molecule has 0 aliphatic carbocycles. The summed E-state index contributed by atoms with van der Waals surface area (Å²) in [5, 5.41) is 3.08. The Hall–Kier alpha value is -2.07. The number of nitrogens with zero attached hydrogens (tertiary/aromatic N) is 1. The van der Waals surface area contributed by atoms with Crippen LogP contribution in [0.25, 0.3) is 0 Å². The fourth-order valence-electron chi connectivity index (χ4n) is 4.26. The Labute approximate surface area is 217 Å². The first-order valence-electron chi connectivity index (χ1n) is 11.8. The molecule has 1 atom stereocenters. The Bertz CT molecular complexity index is 1100. The number of anilines is 1. The van der Waals surface area contributed by atoms with Crippen molar-refractivity contribution in [1.82, 2.24) is 4.90 Å². The highest BCUT2D eigenvalue weighted by Gasteiger charge is 2.35. The van der Waals surface area contributed by atoms with Crippen LogP contribution in [-0.2, 0) is 23.6 Å². The van der Waals surface area contributed by atoms with Gasteiger partial charge in [-0.25, -0.2) is 0 Å². The maximum Gasteiger partial charge on any atom is 0.419 e. The fourth-order valence-corrected chi connectivity index (χ4v) is 5.33. The number of benzene rings is 2. The summed E-state index contributed by atoms with van der Waals surface area (Å²) in [7, 11) is 0.219. The van der Waals surface area contributed by atoms with Gasteiger partial charge in [-0.1, -0.05) is 38.4 Å². The molecule has 36 heavy (non-hydrogen) atoms. The molecule has 2 aromatic carbocycles. The van der Waals surface area contributed by atoms with E-state index in [1.54, 1.807) is 6.07 Å². The molecule has 1 aliphatic heterocycles.